The maximum Gasteiger partial charge on any atom is 0.303 e. The highest BCUT2D eigenvalue weighted by atomic mass is 16.6. The first-order chi connectivity index (χ1) is 8.58. The van der Waals surface area contributed by atoms with E-state index in [1.165, 1.54) is 13.8 Å². The Hall–Kier alpha value is -1.84. The van der Waals surface area contributed by atoms with Gasteiger partial charge in [-0.05, 0) is 17.6 Å². The summed E-state index contributed by atoms with van der Waals surface area (Å²) in [5.41, 5.74) is 1.99. The van der Waals surface area contributed by atoms with Crippen LogP contribution in [0.25, 0.3) is 0 Å². The molecule has 2 aliphatic rings. The average Bonchev–Trinajstić information content (AvgIpc) is 2.31. The van der Waals surface area contributed by atoms with Crippen LogP contribution in [0.3, 0.4) is 0 Å². The minimum absolute atomic E-state index is 0.360. The monoisotopic (exact) mass is 248 g/mol. The Morgan fingerprint density at radius 1 is 1.17 bits per heavy atom. The predicted octanol–water partition coefficient (Wildman–Crippen LogP) is 2.07. The van der Waals surface area contributed by atoms with Crippen molar-refractivity contribution in [1.29, 1.82) is 0 Å². The van der Waals surface area contributed by atoms with E-state index in [1.807, 2.05) is 24.3 Å². The fraction of sp³-hybridized carbons (Fsp3) is 0.429. The van der Waals surface area contributed by atoms with Gasteiger partial charge in [0.05, 0.1) is 0 Å². The van der Waals surface area contributed by atoms with Gasteiger partial charge in [0.15, 0.2) is 6.10 Å². The number of hydrogen-bond acceptors (Lipinski definition) is 4. The summed E-state index contributed by atoms with van der Waals surface area (Å²) in [4.78, 5) is 22.3. The van der Waals surface area contributed by atoms with Crippen molar-refractivity contribution >= 4 is 11.9 Å². The van der Waals surface area contributed by atoms with E-state index in [9.17, 15) is 9.59 Å². The van der Waals surface area contributed by atoms with Gasteiger partial charge in [0.2, 0.25) is 0 Å². The van der Waals surface area contributed by atoms with E-state index in [0.29, 0.717) is 6.42 Å². The molecule has 0 heterocycles. The zero-order chi connectivity index (χ0) is 13.1. The van der Waals surface area contributed by atoms with Crippen LogP contribution in [0.2, 0.25) is 0 Å². The van der Waals surface area contributed by atoms with Gasteiger partial charge in [-0.25, -0.2) is 0 Å². The minimum Gasteiger partial charge on any atom is -0.458 e. The molecule has 0 saturated carbocycles. The molecule has 0 saturated heterocycles. The van der Waals surface area contributed by atoms with Gasteiger partial charge in [-0.1, -0.05) is 24.3 Å². The molecule has 0 N–H and O–H groups in total. The van der Waals surface area contributed by atoms with Gasteiger partial charge in [-0.15, -0.1) is 0 Å². The molecule has 96 valence electrons. The Morgan fingerprint density at radius 3 is 2.56 bits per heavy atom. The van der Waals surface area contributed by atoms with Crippen molar-refractivity contribution in [2.24, 2.45) is 0 Å². The van der Waals surface area contributed by atoms with Crippen LogP contribution in [0, 0.1) is 0 Å². The molecule has 0 aromatic carbocycles. The molecule has 2 rings (SSSR count). The average molecular weight is 248 g/mol. The third-order valence-corrected chi connectivity index (χ3v) is 2.93. The molecule has 0 amide bonds. The van der Waals surface area contributed by atoms with Gasteiger partial charge in [-0.2, -0.15) is 0 Å². The molecule has 0 aliphatic heterocycles. The molecule has 0 aromatic heterocycles. The van der Waals surface area contributed by atoms with Crippen LogP contribution in [-0.2, 0) is 19.1 Å². The van der Waals surface area contributed by atoms with E-state index in [2.05, 4.69) is 0 Å². The topological polar surface area (TPSA) is 52.6 Å². The van der Waals surface area contributed by atoms with Gasteiger partial charge < -0.3 is 9.47 Å². The Labute approximate surface area is 106 Å². The SMILES string of the molecule is CC(=O)OC1CC=C2C=CCC=C2C1OC(C)=O. The number of carbonyl (C=O) groups excluding carboxylic acids is 2. The second kappa shape index (κ2) is 5.21. The van der Waals surface area contributed by atoms with E-state index in [1.54, 1.807) is 0 Å². The van der Waals surface area contributed by atoms with Crippen LogP contribution < -0.4 is 0 Å². The summed E-state index contributed by atoms with van der Waals surface area (Å²) in [5.74, 6) is -0.727. The molecular formula is C14H16O4. The first-order valence-electron chi connectivity index (χ1n) is 5.99. The number of allylic oxidation sites excluding steroid dienone is 3. The number of ether oxygens (including phenoxy) is 2. The van der Waals surface area contributed by atoms with Crippen LogP contribution in [0.5, 0.6) is 0 Å². The van der Waals surface area contributed by atoms with E-state index in [4.69, 9.17) is 9.47 Å². The maximum atomic E-state index is 11.2. The van der Waals surface area contributed by atoms with Crippen molar-refractivity contribution in [2.45, 2.75) is 38.9 Å². The molecule has 18 heavy (non-hydrogen) atoms. The molecule has 4 nitrogen and oxygen atoms in total. The lowest BCUT2D eigenvalue weighted by Crippen LogP contribution is -2.38. The summed E-state index contributed by atoms with van der Waals surface area (Å²) in [7, 11) is 0. The van der Waals surface area contributed by atoms with Crippen molar-refractivity contribution < 1.29 is 19.1 Å². The number of esters is 2. The quantitative estimate of drug-likeness (QED) is 0.702. The number of fused-ring (bicyclic) bond motifs is 1. The molecule has 0 aromatic rings. The Bertz CT molecular complexity index is 456. The van der Waals surface area contributed by atoms with Crippen molar-refractivity contribution in [2.75, 3.05) is 0 Å². The third-order valence-electron chi connectivity index (χ3n) is 2.93. The molecule has 0 radical (unpaired) electrons. The predicted molar refractivity (Wildman–Crippen MR) is 65.6 cm³/mol. The molecule has 4 heteroatoms. The van der Waals surface area contributed by atoms with Gasteiger partial charge in [0.25, 0.3) is 0 Å². The van der Waals surface area contributed by atoms with Crippen molar-refractivity contribution in [3.63, 3.8) is 0 Å². The molecule has 0 spiro atoms. The van der Waals surface area contributed by atoms with Crippen LogP contribution >= 0.6 is 0 Å². The molecule has 0 bridgehead atoms. The van der Waals surface area contributed by atoms with Gasteiger partial charge in [-0.3, -0.25) is 9.59 Å². The summed E-state index contributed by atoms with van der Waals surface area (Å²) in [6.07, 6.45) is 8.53. The second-order valence-electron chi connectivity index (χ2n) is 4.37. The second-order valence-corrected chi connectivity index (χ2v) is 4.37. The molecule has 2 atom stereocenters. The first-order valence-corrected chi connectivity index (χ1v) is 5.99. The van der Waals surface area contributed by atoms with Gasteiger partial charge in [0, 0.05) is 20.3 Å². The highest BCUT2D eigenvalue weighted by Gasteiger charge is 2.34. The zero-order valence-electron chi connectivity index (χ0n) is 10.5. The lowest BCUT2D eigenvalue weighted by Gasteiger charge is -2.32. The number of carbonyl (C=O) groups is 2. The maximum absolute atomic E-state index is 11.2. The normalized spacial score (nSPS) is 25.7. The van der Waals surface area contributed by atoms with Crippen LogP contribution in [0.15, 0.2) is 35.5 Å². The highest BCUT2D eigenvalue weighted by molar-refractivity contribution is 5.68. The zero-order valence-corrected chi connectivity index (χ0v) is 10.5. The smallest absolute Gasteiger partial charge is 0.303 e. The fourth-order valence-corrected chi connectivity index (χ4v) is 2.28. The highest BCUT2D eigenvalue weighted by Crippen LogP contribution is 2.32. The Balaban J connectivity index is 2.26. The van der Waals surface area contributed by atoms with E-state index in [0.717, 1.165) is 17.6 Å². The minimum atomic E-state index is -0.489. The standard InChI is InChI=1S/C14H16O4/c1-9(15)17-13-8-7-11-5-3-4-6-12(11)14(13)18-10(2)16/h3,5-7,13-14H,4,8H2,1-2H3. The molecule has 0 fully saturated rings. The van der Waals surface area contributed by atoms with Crippen LogP contribution in [-0.4, -0.2) is 24.1 Å². The Kier molecular flexibility index (Phi) is 3.65. The van der Waals surface area contributed by atoms with Crippen molar-refractivity contribution in [3.8, 4) is 0 Å². The molecule has 2 unspecified atom stereocenters. The lowest BCUT2D eigenvalue weighted by molar-refractivity contribution is -0.162. The lowest BCUT2D eigenvalue weighted by atomic mass is 9.85. The third kappa shape index (κ3) is 2.70. The van der Waals surface area contributed by atoms with Crippen molar-refractivity contribution in [3.05, 3.63) is 35.5 Å². The number of rotatable bonds is 2. The summed E-state index contributed by atoms with van der Waals surface area (Å²) in [6.45, 7) is 2.72. The summed E-state index contributed by atoms with van der Waals surface area (Å²) < 4.78 is 10.5. The van der Waals surface area contributed by atoms with Gasteiger partial charge >= 0.3 is 11.9 Å². The first kappa shape index (κ1) is 12.6. The van der Waals surface area contributed by atoms with Crippen LogP contribution in [0.1, 0.15) is 26.7 Å². The Morgan fingerprint density at radius 2 is 1.89 bits per heavy atom. The number of hydrogen-bond donors (Lipinski definition) is 0. The summed E-state index contributed by atoms with van der Waals surface area (Å²) >= 11 is 0. The molecule has 2 aliphatic carbocycles. The largest absolute Gasteiger partial charge is 0.458 e. The van der Waals surface area contributed by atoms with Gasteiger partial charge in [0.1, 0.15) is 6.10 Å². The van der Waals surface area contributed by atoms with E-state index < -0.39 is 12.2 Å². The van der Waals surface area contributed by atoms with Crippen molar-refractivity contribution in [1.82, 2.24) is 0 Å². The summed E-state index contributed by atoms with van der Waals surface area (Å²) in [5, 5.41) is 0. The van der Waals surface area contributed by atoms with Crippen LogP contribution in [0.4, 0.5) is 0 Å². The summed E-state index contributed by atoms with van der Waals surface area (Å²) in [6, 6.07) is 0. The van der Waals surface area contributed by atoms with E-state index in [-0.39, 0.29) is 11.9 Å². The van der Waals surface area contributed by atoms with E-state index >= 15 is 0 Å². The fourth-order valence-electron chi connectivity index (χ4n) is 2.28. The molecular weight excluding hydrogens is 232 g/mol.